The van der Waals surface area contributed by atoms with E-state index in [1.807, 2.05) is 24.3 Å². The second kappa shape index (κ2) is 7.77. The van der Waals surface area contributed by atoms with E-state index in [1.54, 1.807) is 0 Å². The van der Waals surface area contributed by atoms with Crippen molar-refractivity contribution in [1.82, 2.24) is 5.32 Å². The average molecular weight is 478 g/mol. The van der Waals surface area contributed by atoms with Crippen molar-refractivity contribution in [1.29, 1.82) is 0 Å². The molecule has 0 amide bonds. The monoisotopic (exact) mass is 475 g/mol. The molecule has 0 saturated carbocycles. The fourth-order valence-corrected chi connectivity index (χ4v) is 3.58. The number of hydrogen-bond acceptors (Lipinski definition) is 2. The molecule has 0 saturated heterocycles. The van der Waals surface area contributed by atoms with Gasteiger partial charge in [0.25, 0.3) is 0 Å². The van der Waals surface area contributed by atoms with Crippen LogP contribution in [0.4, 0.5) is 0 Å². The number of nitrogens with one attached hydrogen (secondary N) is 1. The molecule has 1 N–H and O–H groups in total. The van der Waals surface area contributed by atoms with Crippen molar-refractivity contribution in [3.63, 3.8) is 0 Å². The molecule has 2 nitrogen and oxygen atoms in total. The summed E-state index contributed by atoms with van der Waals surface area (Å²) in [5.41, 5.74) is 1.23. The van der Waals surface area contributed by atoms with Crippen molar-refractivity contribution in [3.05, 3.63) is 55.4 Å². The van der Waals surface area contributed by atoms with Gasteiger partial charge in [-0.05, 0) is 81.2 Å². The molecule has 21 heavy (non-hydrogen) atoms. The van der Waals surface area contributed by atoms with Gasteiger partial charge in [0, 0.05) is 10.5 Å². The van der Waals surface area contributed by atoms with Gasteiger partial charge in [0.2, 0.25) is 0 Å². The Morgan fingerprint density at radius 3 is 2.19 bits per heavy atom. The number of hydrogen-bond donors (Lipinski definition) is 1. The van der Waals surface area contributed by atoms with E-state index in [2.05, 4.69) is 79.1 Å². The zero-order valence-electron chi connectivity index (χ0n) is 11.8. The maximum Gasteiger partial charge on any atom is 0.141 e. The Kier molecular flexibility index (Phi) is 6.29. The van der Waals surface area contributed by atoms with E-state index in [0.29, 0.717) is 6.04 Å². The first-order valence-corrected chi connectivity index (χ1v) is 9.05. The highest BCUT2D eigenvalue weighted by Crippen LogP contribution is 2.36. The Balaban J connectivity index is 2.21. The molecule has 0 heterocycles. The fraction of sp³-hybridized carbons (Fsp3) is 0.250. The molecule has 0 aliphatic rings. The quantitative estimate of drug-likeness (QED) is 0.535. The van der Waals surface area contributed by atoms with Crippen LogP contribution in [0.15, 0.2) is 49.8 Å². The molecule has 5 heteroatoms. The zero-order valence-corrected chi connectivity index (χ0v) is 16.5. The minimum atomic E-state index is 0.319. The van der Waals surface area contributed by atoms with Crippen molar-refractivity contribution < 1.29 is 4.74 Å². The lowest BCUT2D eigenvalue weighted by atomic mass is 10.1. The second-order valence-corrected chi connectivity index (χ2v) is 7.27. The largest absolute Gasteiger partial charge is 0.455 e. The molecule has 1 unspecified atom stereocenters. The second-order valence-electron chi connectivity index (χ2n) is 4.65. The summed E-state index contributed by atoms with van der Waals surface area (Å²) in [6.45, 7) is 5.20. The van der Waals surface area contributed by atoms with E-state index in [9.17, 15) is 0 Å². The lowest BCUT2D eigenvalue weighted by molar-refractivity contribution is 0.475. The van der Waals surface area contributed by atoms with E-state index in [1.165, 1.54) is 5.56 Å². The maximum absolute atomic E-state index is 5.95. The average Bonchev–Trinajstić information content (AvgIpc) is 2.44. The van der Waals surface area contributed by atoms with Crippen molar-refractivity contribution in [3.8, 4) is 11.5 Å². The molecule has 1 atom stereocenters. The maximum atomic E-state index is 5.95. The van der Waals surface area contributed by atoms with Crippen LogP contribution in [0.3, 0.4) is 0 Å². The number of ether oxygens (including phenoxy) is 1. The van der Waals surface area contributed by atoms with Crippen LogP contribution in [0.5, 0.6) is 11.5 Å². The summed E-state index contributed by atoms with van der Waals surface area (Å²) < 4.78 is 8.82. The summed E-state index contributed by atoms with van der Waals surface area (Å²) in [5.74, 6) is 1.58. The topological polar surface area (TPSA) is 21.3 Å². The van der Waals surface area contributed by atoms with Gasteiger partial charge in [-0.2, -0.15) is 0 Å². The molecule has 2 aromatic carbocycles. The molecule has 0 aromatic heterocycles. The van der Waals surface area contributed by atoms with Gasteiger partial charge in [0.1, 0.15) is 11.5 Å². The molecule has 2 aromatic rings. The first-order chi connectivity index (χ1) is 10.0. The minimum absolute atomic E-state index is 0.319. The molecule has 0 aliphatic heterocycles. The van der Waals surface area contributed by atoms with Crippen LogP contribution in [-0.4, -0.2) is 6.54 Å². The summed E-state index contributed by atoms with van der Waals surface area (Å²) in [4.78, 5) is 0. The van der Waals surface area contributed by atoms with Crippen molar-refractivity contribution in [2.75, 3.05) is 6.54 Å². The molecule has 0 bridgehead atoms. The Labute approximate surface area is 150 Å². The minimum Gasteiger partial charge on any atom is -0.455 e. The summed E-state index contributed by atoms with van der Waals surface area (Å²) in [6.07, 6.45) is 0. The molecule has 0 radical (unpaired) electrons. The molecular weight excluding hydrogens is 462 g/mol. The van der Waals surface area contributed by atoms with Crippen LogP contribution in [0.2, 0.25) is 0 Å². The molecule has 0 spiro atoms. The summed E-state index contributed by atoms with van der Waals surface area (Å²) in [6, 6.07) is 12.3. The third-order valence-corrected chi connectivity index (χ3v) is 4.81. The zero-order chi connectivity index (χ0) is 15.4. The number of rotatable bonds is 5. The summed E-state index contributed by atoms with van der Waals surface area (Å²) >= 11 is 10.5. The van der Waals surface area contributed by atoms with Gasteiger partial charge in [-0.15, -0.1) is 0 Å². The number of benzene rings is 2. The number of halogens is 3. The summed E-state index contributed by atoms with van der Waals surface area (Å²) in [7, 11) is 0. The van der Waals surface area contributed by atoms with Crippen molar-refractivity contribution >= 4 is 47.8 Å². The highest BCUT2D eigenvalue weighted by atomic mass is 79.9. The van der Waals surface area contributed by atoms with E-state index >= 15 is 0 Å². The van der Waals surface area contributed by atoms with Crippen LogP contribution in [0, 0.1) is 0 Å². The smallest absolute Gasteiger partial charge is 0.141 e. The lowest BCUT2D eigenvalue weighted by Gasteiger charge is -2.15. The normalized spacial score (nSPS) is 12.2. The van der Waals surface area contributed by atoms with E-state index in [-0.39, 0.29) is 0 Å². The SMILES string of the molecule is CCNC(C)c1ccc(Oc2ccc(Br)cc2Br)c(Br)c1. The standard InChI is InChI=1S/C16H16Br3NO/c1-3-20-10(2)11-4-6-15(13(18)8-11)21-16-7-5-12(17)9-14(16)19/h4-10,20H,3H2,1-2H3. The van der Waals surface area contributed by atoms with Gasteiger partial charge >= 0.3 is 0 Å². The van der Waals surface area contributed by atoms with Crippen LogP contribution >= 0.6 is 47.8 Å². The van der Waals surface area contributed by atoms with Gasteiger partial charge < -0.3 is 10.1 Å². The van der Waals surface area contributed by atoms with Crippen molar-refractivity contribution in [2.24, 2.45) is 0 Å². The Morgan fingerprint density at radius 1 is 1.00 bits per heavy atom. The van der Waals surface area contributed by atoms with Gasteiger partial charge in [0.05, 0.1) is 8.95 Å². The first-order valence-electron chi connectivity index (χ1n) is 6.67. The van der Waals surface area contributed by atoms with Crippen LogP contribution in [-0.2, 0) is 0 Å². The van der Waals surface area contributed by atoms with E-state index in [4.69, 9.17) is 4.74 Å². The molecule has 0 fully saturated rings. The predicted molar refractivity (Wildman–Crippen MR) is 98.1 cm³/mol. The highest BCUT2D eigenvalue weighted by molar-refractivity contribution is 9.11. The fourth-order valence-electron chi connectivity index (χ4n) is 1.97. The lowest BCUT2D eigenvalue weighted by Crippen LogP contribution is -2.17. The Bertz CT molecular complexity index is 631. The van der Waals surface area contributed by atoms with Gasteiger partial charge in [-0.3, -0.25) is 0 Å². The summed E-state index contributed by atoms with van der Waals surface area (Å²) in [5, 5.41) is 3.40. The van der Waals surface area contributed by atoms with E-state index < -0.39 is 0 Å². The molecular formula is C16H16Br3NO. The Morgan fingerprint density at radius 2 is 1.62 bits per heavy atom. The van der Waals surface area contributed by atoms with Gasteiger partial charge in [0.15, 0.2) is 0 Å². The third kappa shape index (κ3) is 4.55. The highest BCUT2D eigenvalue weighted by Gasteiger charge is 2.10. The Hall–Kier alpha value is -0.360. The van der Waals surface area contributed by atoms with Gasteiger partial charge in [-0.25, -0.2) is 0 Å². The first kappa shape index (κ1) is 17.0. The van der Waals surface area contributed by atoms with Crippen LogP contribution in [0.1, 0.15) is 25.5 Å². The van der Waals surface area contributed by atoms with Crippen molar-refractivity contribution in [2.45, 2.75) is 19.9 Å². The predicted octanol–water partition coefficient (Wildman–Crippen LogP) is 6.44. The van der Waals surface area contributed by atoms with Gasteiger partial charge in [-0.1, -0.05) is 28.9 Å². The van der Waals surface area contributed by atoms with Crippen LogP contribution < -0.4 is 10.1 Å². The molecule has 112 valence electrons. The third-order valence-electron chi connectivity index (χ3n) is 3.08. The molecule has 0 aliphatic carbocycles. The molecule has 2 rings (SSSR count). The van der Waals surface area contributed by atoms with E-state index in [0.717, 1.165) is 31.5 Å². The van der Waals surface area contributed by atoms with Crippen LogP contribution in [0.25, 0.3) is 0 Å².